The predicted octanol–water partition coefficient (Wildman–Crippen LogP) is 6.50. The van der Waals surface area contributed by atoms with Gasteiger partial charge in [-0.15, -0.1) is 0 Å². The number of phenolic OH excluding ortho intramolecular Hbond substituents is 1. The summed E-state index contributed by atoms with van der Waals surface area (Å²) in [6.07, 6.45) is 11.7. The highest BCUT2D eigenvalue weighted by atomic mass is 32.2. The summed E-state index contributed by atoms with van der Waals surface area (Å²) in [5, 5.41) is 9.36. The van der Waals surface area contributed by atoms with Gasteiger partial charge in [-0.25, -0.2) is 0 Å². The summed E-state index contributed by atoms with van der Waals surface area (Å²) >= 11 is 0. The third-order valence-corrected chi connectivity index (χ3v) is 5.71. The van der Waals surface area contributed by atoms with Crippen molar-refractivity contribution in [2.24, 2.45) is 0 Å². The molecule has 2 aromatic carbocycles. The highest BCUT2D eigenvalue weighted by Crippen LogP contribution is 2.28. The third-order valence-electron chi connectivity index (χ3n) is 4.88. The van der Waals surface area contributed by atoms with Gasteiger partial charge in [0, 0.05) is 6.07 Å². The first-order valence-electron chi connectivity index (χ1n) is 10.5. The molecule has 0 spiro atoms. The third kappa shape index (κ3) is 8.88. The van der Waals surface area contributed by atoms with Gasteiger partial charge in [0.15, 0.2) is 0 Å². The first-order chi connectivity index (χ1) is 13.9. The number of ether oxygens (including phenoxy) is 1. The maximum absolute atomic E-state index is 11.6. The van der Waals surface area contributed by atoms with Crippen molar-refractivity contribution >= 4 is 10.1 Å². The minimum absolute atomic E-state index is 0.120. The molecule has 0 radical (unpaired) electrons. The molecule has 2 aromatic rings. The molecule has 160 valence electrons. The molecule has 0 amide bonds. The van der Waals surface area contributed by atoms with Crippen LogP contribution in [0.5, 0.6) is 17.2 Å². The van der Waals surface area contributed by atoms with E-state index in [0.29, 0.717) is 11.5 Å². The maximum Gasteiger partial charge on any atom is 0.294 e. The Morgan fingerprint density at radius 1 is 0.793 bits per heavy atom. The maximum atomic E-state index is 11.6. The molecule has 0 saturated heterocycles. The second kappa shape index (κ2) is 11.8. The molecule has 0 bridgehead atoms. The number of aromatic hydroxyl groups is 1. The van der Waals surface area contributed by atoms with Crippen molar-refractivity contribution in [1.82, 2.24) is 0 Å². The minimum atomic E-state index is -4.32. The van der Waals surface area contributed by atoms with Crippen LogP contribution < -0.4 is 4.74 Å². The lowest BCUT2D eigenvalue weighted by Gasteiger charge is -2.10. The number of phenols is 1. The molecular formula is C23H32O5S. The average molecular weight is 421 g/mol. The molecule has 2 rings (SSSR count). The predicted molar refractivity (Wildman–Crippen MR) is 115 cm³/mol. The van der Waals surface area contributed by atoms with Crippen molar-refractivity contribution in [2.75, 3.05) is 0 Å². The SMILES string of the molecule is CCCCCCCCCCCc1cc(Oc2ccc(O)cc2)cc(S(=O)(=O)O)c1. The lowest BCUT2D eigenvalue weighted by atomic mass is 10.0. The van der Waals surface area contributed by atoms with Gasteiger partial charge in [-0.2, -0.15) is 8.42 Å². The van der Waals surface area contributed by atoms with Gasteiger partial charge in [-0.1, -0.05) is 58.3 Å². The van der Waals surface area contributed by atoms with Crippen LogP contribution in [0.1, 0.15) is 70.3 Å². The van der Waals surface area contributed by atoms with Gasteiger partial charge in [0.25, 0.3) is 10.1 Å². The molecule has 0 aliphatic heterocycles. The van der Waals surface area contributed by atoms with Crippen LogP contribution in [0.2, 0.25) is 0 Å². The smallest absolute Gasteiger partial charge is 0.294 e. The van der Waals surface area contributed by atoms with E-state index in [1.54, 1.807) is 18.2 Å². The van der Waals surface area contributed by atoms with Crippen molar-refractivity contribution in [3.05, 3.63) is 48.0 Å². The van der Waals surface area contributed by atoms with Crippen LogP contribution >= 0.6 is 0 Å². The summed E-state index contributed by atoms with van der Waals surface area (Å²) in [4.78, 5) is -0.167. The van der Waals surface area contributed by atoms with E-state index >= 15 is 0 Å². The van der Waals surface area contributed by atoms with Gasteiger partial charge < -0.3 is 9.84 Å². The van der Waals surface area contributed by atoms with E-state index in [-0.39, 0.29) is 10.6 Å². The van der Waals surface area contributed by atoms with Crippen molar-refractivity contribution in [3.8, 4) is 17.2 Å². The Labute approximate surface area is 174 Å². The van der Waals surface area contributed by atoms with Crippen LogP contribution in [-0.4, -0.2) is 18.1 Å². The van der Waals surface area contributed by atoms with Gasteiger partial charge in [-0.05, 0) is 54.8 Å². The van der Waals surface area contributed by atoms with Gasteiger partial charge in [0.2, 0.25) is 0 Å². The van der Waals surface area contributed by atoms with E-state index in [2.05, 4.69) is 6.92 Å². The Balaban J connectivity index is 1.92. The Morgan fingerprint density at radius 2 is 1.38 bits per heavy atom. The molecule has 0 heterocycles. The second-order valence-corrected chi connectivity index (χ2v) is 8.88. The molecule has 0 fully saturated rings. The summed E-state index contributed by atoms with van der Waals surface area (Å²) in [6.45, 7) is 2.22. The zero-order valence-electron chi connectivity index (χ0n) is 17.1. The normalized spacial score (nSPS) is 11.5. The van der Waals surface area contributed by atoms with E-state index < -0.39 is 10.1 Å². The molecule has 0 aliphatic carbocycles. The number of aryl methyl sites for hydroxylation is 1. The number of unbranched alkanes of at least 4 members (excludes halogenated alkanes) is 8. The first kappa shape index (κ1) is 23.2. The van der Waals surface area contributed by atoms with E-state index in [0.717, 1.165) is 24.8 Å². The summed E-state index contributed by atoms with van der Waals surface area (Å²) < 4.78 is 38.4. The van der Waals surface area contributed by atoms with E-state index in [1.807, 2.05) is 0 Å². The Kier molecular flexibility index (Phi) is 9.48. The summed E-state index contributed by atoms with van der Waals surface area (Å²) in [5.74, 6) is 0.941. The molecule has 0 saturated carbocycles. The van der Waals surface area contributed by atoms with Crippen LogP contribution in [0.3, 0.4) is 0 Å². The highest BCUT2D eigenvalue weighted by molar-refractivity contribution is 7.85. The fraction of sp³-hybridized carbons (Fsp3) is 0.478. The van der Waals surface area contributed by atoms with E-state index in [1.165, 1.54) is 69.2 Å². The number of hydrogen-bond donors (Lipinski definition) is 2. The largest absolute Gasteiger partial charge is 0.508 e. The minimum Gasteiger partial charge on any atom is -0.508 e. The zero-order valence-corrected chi connectivity index (χ0v) is 18.0. The monoisotopic (exact) mass is 420 g/mol. The Bertz CT molecular complexity index is 844. The Morgan fingerprint density at radius 3 is 1.97 bits per heavy atom. The molecule has 0 aliphatic rings. The molecule has 29 heavy (non-hydrogen) atoms. The molecular weight excluding hydrogens is 388 g/mol. The lowest BCUT2D eigenvalue weighted by molar-refractivity contribution is 0.461. The summed E-state index contributed by atoms with van der Waals surface area (Å²) in [5.41, 5.74) is 0.817. The molecule has 2 N–H and O–H groups in total. The number of hydrogen-bond acceptors (Lipinski definition) is 4. The molecule has 6 heteroatoms. The summed E-state index contributed by atoms with van der Waals surface area (Å²) in [6, 6.07) is 10.8. The van der Waals surface area contributed by atoms with Crippen LogP contribution in [0.4, 0.5) is 0 Å². The quantitative estimate of drug-likeness (QED) is 0.285. The van der Waals surface area contributed by atoms with Gasteiger partial charge in [0.1, 0.15) is 17.2 Å². The van der Waals surface area contributed by atoms with E-state index in [9.17, 15) is 18.1 Å². The lowest BCUT2D eigenvalue weighted by Crippen LogP contribution is -2.00. The molecule has 0 atom stereocenters. The van der Waals surface area contributed by atoms with Crippen LogP contribution in [0.25, 0.3) is 0 Å². The van der Waals surface area contributed by atoms with E-state index in [4.69, 9.17) is 4.74 Å². The van der Waals surface area contributed by atoms with Gasteiger partial charge >= 0.3 is 0 Å². The van der Waals surface area contributed by atoms with Crippen molar-refractivity contribution in [1.29, 1.82) is 0 Å². The Hall–Kier alpha value is -2.05. The fourth-order valence-corrected chi connectivity index (χ4v) is 3.84. The first-order valence-corrected chi connectivity index (χ1v) is 11.9. The van der Waals surface area contributed by atoms with Crippen molar-refractivity contribution in [2.45, 2.75) is 76.0 Å². The number of benzene rings is 2. The zero-order chi connectivity index (χ0) is 21.1. The van der Waals surface area contributed by atoms with Gasteiger partial charge in [0.05, 0.1) is 4.90 Å². The standard InChI is InChI=1S/C23H32O5S/c1-2-3-4-5-6-7-8-9-10-11-19-16-22(18-23(17-19)29(25,26)27)28-21-14-12-20(24)13-15-21/h12-18,24H,2-11H2,1H3,(H,25,26,27). The second-order valence-electron chi connectivity index (χ2n) is 7.46. The highest BCUT2D eigenvalue weighted by Gasteiger charge is 2.13. The van der Waals surface area contributed by atoms with Crippen molar-refractivity contribution < 1.29 is 22.8 Å². The van der Waals surface area contributed by atoms with Crippen LogP contribution in [0.15, 0.2) is 47.4 Å². The molecule has 0 aromatic heterocycles. The fourth-order valence-electron chi connectivity index (χ4n) is 3.27. The average Bonchev–Trinajstić information content (AvgIpc) is 2.68. The van der Waals surface area contributed by atoms with Crippen LogP contribution in [0, 0.1) is 0 Å². The number of rotatable bonds is 13. The molecule has 5 nitrogen and oxygen atoms in total. The van der Waals surface area contributed by atoms with Gasteiger partial charge in [-0.3, -0.25) is 4.55 Å². The van der Waals surface area contributed by atoms with Crippen molar-refractivity contribution in [3.63, 3.8) is 0 Å². The molecule has 0 unspecified atom stereocenters. The topological polar surface area (TPSA) is 83.8 Å². The van der Waals surface area contributed by atoms with Crippen LogP contribution in [-0.2, 0) is 16.5 Å². The summed E-state index contributed by atoms with van der Waals surface area (Å²) in [7, 11) is -4.32.